The van der Waals surface area contributed by atoms with E-state index in [0.717, 1.165) is 55.6 Å². The van der Waals surface area contributed by atoms with Gasteiger partial charge in [-0.1, -0.05) is 133 Å². The second-order valence-electron chi connectivity index (χ2n) is 11.8. The zero-order valence-corrected chi connectivity index (χ0v) is 24.7. The third-order valence-corrected chi connectivity index (χ3v) is 9.21. The lowest BCUT2D eigenvalue weighted by Crippen LogP contribution is -2.18. The smallest absolute Gasteiger partial charge is 0.236 e. The van der Waals surface area contributed by atoms with Crippen LogP contribution in [0.5, 0.6) is 0 Å². The molecule has 0 bridgehead atoms. The standard InChI is InChI=1S/C42H25N3O/c1-2-10-26(11-3-1)27-20-22-30(23-21-27)38-41-39(34-16-6-7-19-36(34)46-41)44-42(43-38)45-35-18-9-14-29-13-8-17-32(37(29)35)33-25-24-28-12-4-5-15-31(28)40(33)45/h1-25H. The van der Waals surface area contributed by atoms with Gasteiger partial charge in [0.25, 0.3) is 0 Å². The van der Waals surface area contributed by atoms with E-state index in [1.807, 2.05) is 24.3 Å². The van der Waals surface area contributed by atoms with Crippen molar-refractivity contribution in [3.05, 3.63) is 152 Å². The minimum Gasteiger partial charge on any atom is -0.452 e. The van der Waals surface area contributed by atoms with Crippen LogP contribution in [0.3, 0.4) is 0 Å². The third-order valence-electron chi connectivity index (χ3n) is 9.21. The molecule has 3 heterocycles. The molecule has 214 valence electrons. The second kappa shape index (κ2) is 9.62. The van der Waals surface area contributed by atoms with Crippen molar-refractivity contribution in [3.63, 3.8) is 0 Å². The zero-order chi connectivity index (χ0) is 30.2. The Labute approximate surface area is 264 Å². The topological polar surface area (TPSA) is 42.2 Å². The molecule has 0 saturated heterocycles. The van der Waals surface area contributed by atoms with Crippen LogP contribution in [0, 0.1) is 0 Å². The molecule has 0 unspecified atom stereocenters. The van der Waals surface area contributed by atoms with E-state index in [9.17, 15) is 0 Å². The highest BCUT2D eigenvalue weighted by Crippen LogP contribution is 2.53. The predicted octanol–water partition coefficient (Wildman–Crippen LogP) is 11.5. The van der Waals surface area contributed by atoms with Crippen molar-refractivity contribution >= 4 is 60.9 Å². The number of anilines is 3. The highest BCUT2D eigenvalue weighted by atomic mass is 16.3. The number of rotatable bonds is 3. The summed E-state index contributed by atoms with van der Waals surface area (Å²) in [6.07, 6.45) is 0. The molecule has 0 aliphatic carbocycles. The minimum absolute atomic E-state index is 0.612. The van der Waals surface area contributed by atoms with Crippen molar-refractivity contribution in [2.45, 2.75) is 0 Å². The Morgan fingerprint density at radius 3 is 2.04 bits per heavy atom. The Morgan fingerprint density at radius 1 is 0.478 bits per heavy atom. The molecule has 1 aliphatic heterocycles. The number of benzene rings is 7. The summed E-state index contributed by atoms with van der Waals surface area (Å²) in [4.78, 5) is 13.0. The van der Waals surface area contributed by atoms with Gasteiger partial charge in [0.1, 0.15) is 16.8 Å². The molecule has 9 aromatic rings. The first-order valence-corrected chi connectivity index (χ1v) is 15.5. The Morgan fingerprint density at radius 2 is 1.17 bits per heavy atom. The molecule has 1 aliphatic rings. The van der Waals surface area contributed by atoms with E-state index in [-0.39, 0.29) is 0 Å². The number of furan rings is 1. The third kappa shape index (κ3) is 3.61. The van der Waals surface area contributed by atoms with Crippen molar-refractivity contribution in [1.29, 1.82) is 0 Å². The number of fused-ring (bicyclic) bond motifs is 7. The SMILES string of the molecule is c1ccc(-c2ccc(-c3nc(N4c5c(ccc6ccccc56)-c5cccc6cccc4c56)nc4c3oc3ccccc34)cc2)cc1. The molecule has 46 heavy (non-hydrogen) atoms. The van der Waals surface area contributed by atoms with E-state index >= 15 is 0 Å². The van der Waals surface area contributed by atoms with Gasteiger partial charge in [0.2, 0.25) is 5.95 Å². The molecule has 7 aromatic carbocycles. The van der Waals surface area contributed by atoms with Gasteiger partial charge in [-0.2, -0.15) is 0 Å². The van der Waals surface area contributed by atoms with Crippen LogP contribution >= 0.6 is 0 Å². The van der Waals surface area contributed by atoms with E-state index < -0.39 is 0 Å². The van der Waals surface area contributed by atoms with E-state index in [2.05, 4.69) is 132 Å². The van der Waals surface area contributed by atoms with Gasteiger partial charge in [-0.25, -0.2) is 9.97 Å². The molecule has 0 amide bonds. The summed E-state index contributed by atoms with van der Waals surface area (Å²) < 4.78 is 6.51. The zero-order valence-electron chi connectivity index (χ0n) is 24.7. The van der Waals surface area contributed by atoms with Gasteiger partial charge in [0.05, 0.1) is 11.4 Å². The Hall–Kier alpha value is -6.26. The summed E-state index contributed by atoms with van der Waals surface area (Å²) in [6, 6.07) is 53.2. The van der Waals surface area contributed by atoms with E-state index in [0.29, 0.717) is 11.5 Å². The van der Waals surface area contributed by atoms with Crippen molar-refractivity contribution < 1.29 is 4.42 Å². The highest BCUT2D eigenvalue weighted by molar-refractivity contribution is 6.19. The first-order chi connectivity index (χ1) is 22.8. The maximum Gasteiger partial charge on any atom is 0.236 e. The quantitative estimate of drug-likeness (QED) is 0.206. The van der Waals surface area contributed by atoms with Crippen LogP contribution in [-0.2, 0) is 0 Å². The summed E-state index contributed by atoms with van der Waals surface area (Å²) in [7, 11) is 0. The maximum absolute atomic E-state index is 6.51. The van der Waals surface area contributed by atoms with Gasteiger partial charge in [0, 0.05) is 27.3 Å². The molecule has 0 fully saturated rings. The minimum atomic E-state index is 0.612. The van der Waals surface area contributed by atoms with Crippen LogP contribution < -0.4 is 4.90 Å². The number of hydrogen-bond acceptors (Lipinski definition) is 4. The van der Waals surface area contributed by atoms with E-state index in [1.165, 1.54) is 27.3 Å². The molecule has 2 aromatic heterocycles. The average Bonchev–Trinajstić information content (AvgIpc) is 3.51. The van der Waals surface area contributed by atoms with Gasteiger partial charge < -0.3 is 4.42 Å². The predicted molar refractivity (Wildman–Crippen MR) is 189 cm³/mol. The lowest BCUT2D eigenvalue weighted by molar-refractivity contribution is 0.667. The number of para-hydroxylation sites is 1. The number of nitrogens with zero attached hydrogens (tertiary/aromatic N) is 3. The van der Waals surface area contributed by atoms with Crippen LogP contribution in [-0.4, -0.2) is 9.97 Å². The molecular formula is C42H25N3O. The van der Waals surface area contributed by atoms with Crippen LogP contribution in [0.4, 0.5) is 17.3 Å². The summed E-state index contributed by atoms with van der Waals surface area (Å²) in [5.74, 6) is 0.612. The molecule has 10 rings (SSSR count). The average molecular weight is 588 g/mol. The number of hydrogen-bond donors (Lipinski definition) is 0. The van der Waals surface area contributed by atoms with Gasteiger partial charge in [-0.3, -0.25) is 4.90 Å². The van der Waals surface area contributed by atoms with Crippen LogP contribution in [0.15, 0.2) is 156 Å². The summed E-state index contributed by atoms with van der Waals surface area (Å²) >= 11 is 0. The summed E-state index contributed by atoms with van der Waals surface area (Å²) in [5, 5.41) is 5.68. The Bertz CT molecular complexity index is 2630. The molecule has 4 nitrogen and oxygen atoms in total. The number of aromatic nitrogens is 2. The molecule has 0 spiro atoms. The first-order valence-electron chi connectivity index (χ1n) is 15.5. The normalized spacial score (nSPS) is 12.3. The van der Waals surface area contributed by atoms with Gasteiger partial charge in [-0.15, -0.1) is 0 Å². The van der Waals surface area contributed by atoms with Crippen LogP contribution in [0.25, 0.3) is 77.1 Å². The van der Waals surface area contributed by atoms with Gasteiger partial charge in [0.15, 0.2) is 5.58 Å². The Balaban J connectivity index is 1.29. The van der Waals surface area contributed by atoms with E-state index in [4.69, 9.17) is 14.4 Å². The molecule has 4 heteroatoms. The summed E-state index contributed by atoms with van der Waals surface area (Å²) in [5.41, 5.74) is 10.9. The molecular weight excluding hydrogens is 562 g/mol. The molecule has 0 atom stereocenters. The van der Waals surface area contributed by atoms with Crippen molar-refractivity contribution in [3.8, 4) is 33.5 Å². The summed E-state index contributed by atoms with van der Waals surface area (Å²) in [6.45, 7) is 0. The molecule has 0 saturated carbocycles. The van der Waals surface area contributed by atoms with Gasteiger partial charge in [-0.05, 0) is 45.7 Å². The van der Waals surface area contributed by atoms with Crippen LogP contribution in [0.1, 0.15) is 0 Å². The molecule has 0 radical (unpaired) electrons. The van der Waals surface area contributed by atoms with Gasteiger partial charge >= 0.3 is 0 Å². The fourth-order valence-electron chi connectivity index (χ4n) is 7.10. The fourth-order valence-corrected chi connectivity index (χ4v) is 7.10. The second-order valence-corrected chi connectivity index (χ2v) is 11.8. The largest absolute Gasteiger partial charge is 0.452 e. The molecule has 0 N–H and O–H groups in total. The highest BCUT2D eigenvalue weighted by Gasteiger charge is 2.30. The van der Waals surface area contributed by atoms with Crippen molar-refractivity contribution in [2.24, 2.45) is 0 Å². The van der Waals surface area contributed by atoms with Crippen molar-refractivity contribution in [2.75, 3.05) is 4.90 Å². The first kappa shape index (κ1) is 25.1. The lowest BCUT2D eigenvalue weighted by atomic mass is 9.89. The van der Waals surface area contributed by atoms with Crippen LogP contribution in [0.2, 0.25) is 0 Å². The Kier molecular flexibility index (Phi) is 5.25. The lowest BCUT2D eigenvalue weighted by Gasteiger charge is -2.33. The fraction of sp³-hybridized carbons (Fsp3) is 0. The monoisotopic (exact) mass is 587 g/mol. The maximum atomic E-state index is 6.51. The van der Waals surface area contributed by atoms with E-state index in [1.54, 1.807) is 0 Å². The van der Waals surface area contributed by atoms with Crippen molar-refractivity contribution in [1.82, 2.24) is 9.97 Å².